The molecule has 0 radical (unpaired) electrons. The van der Waals surface area contributed by atoms with Crippen molar-refractivity contribution in [1.82, 2.24) is 5.32 Å². The molecule has 1 aromatic carbocycles. The van der Waals surface area contributed by atoms with E-state index in [-0.39, 0.29) is 6.61 Å². The highest BCUT2D eigenvalue weighted by atomic mass is 16.3. The zero-order valence-corrected chi connectivity index (χ0v) is 10.3. The molecule has 2 nitrogen and oxygen atoms in total. The number of benzene rings is 1. The predicted octanol–water partition coefficient (Wildman–Crippen LogP) is 2.37. The van der Waals surface area contributed by atoms with E-state index in [0.29, 0.717) is 12.1 Å². The molecule has 0 aliphatic carbocycles. The Hall–Kier alpha value is -0.860. The largest absolute Gasteiger partial charge is 0.396 e. The number of aliphatic hydroxyl groups excluding tert-OH is 1. The summed E-state index contributed by atoms with van der Waals surface area (Å²) in [6.07, 6.45) is 3.00. The summed E-state index contributed by atoms with van der Waals surface area (Å²) in [5.41, 5.74) is 1.37. The monoisotopic (exact) mass is 221 g/mol. The Labute approximate surface area is 98.7 Å². The van der Waals surface area contributed by atoms with Gasteiger partial charge in [-0.3, -0.25) is 0 Å². The Morgan fingerprint density at radius 3 is 2.50 bits per heavy atom. The van der Waals surface area contributed by atoms with Crippen molar-refractivity contribution in [2.24, 2.45) is 0 Å². The highest BCUT2D eigenvalue weighted by molar-refractivity contribution is 5.15. The summed E-state index contributed by atoms with van der Waals surface area (Å²) in [6.45, 7) is 4.59. The minimum atomic E-state index is 0.260. The first-order chi connectivity index (χ1) is 7.76. The first-order valence-electron chi connectivity index (χ1n) is 6.17. The molecule has 90 valence electrons. The molecule has 2 unspecified atom stereocenters. The molecule has 0 spiro atoms. The van der Waals surface area contributed by atoms with Gasteiger partial charge in [-0.15, -0.1) is 0 Å². The second kappa shape index (κ2) is 7.42. The van der Waals surface area contributed by atoms with Crippen LogP contribution in [0.1, 0.15) is 32.3 Å². The number of hydrogen-bond donors (Lipinski definition) is 2. The Morgan fingerprint density at radius 2 is 1.94 bits per heavy atom. The van der Waals surface area contributed by atoms with E-state index in [1.807, 2.05) is 6.07 Å². The molecular weight excluding hydrogens is 198 g/mol. The molecule has 1 aromatic rings. The zero-order valence-electron chi connectivity index (χ0n) is 10.3. The van der Waals surface area contributed by atoms with E-state index in [2.05, 4.69) is 43.4 Å². The molecule has 0 fully saturated rings. The van der Waals surface area contributed by atoms with Gasteiger partial charge in [0.25, 0.3) is 0 Å². The van der Waals surface area contributed by atoms with Gasteiger partial charge in [-0.1, -0.05) is 37.3 Å². The molecule has 0 aliphatic rings. The van der Waals surface area contributed by atoms with Crippen LogP contribution in [-0.4, -0.2) is 23.8 Å². The number of nitrogens with one attached hydrogen (secondary N) is 1. The maximum Gasteiger partial charge on any atom is 0.0445 e. The molecule has 0 saturated carbocycles. The Morgan fingerprint density at radius 1 is 1.25 bits per heavy atom. The van der Waals surface area contributed by atoms with Crippen LogP contribution in [-0.2, 0) is 6.42 Å². The van der Waals surface area contributed by atoms with Crippen molar-refractivity contribution in [3.05, 3.63) is 35.9 Å². The fourth-order valence-corrected chi connectivity index (χ4v) is 1.90. The molecule has 2 N–H and O–H groups in total. The molecule has 0 aromatic heterocycles. The number of aliphatic hydroxyl groups is 1. The summed E-state index contributed by atoms with van der Waals surface area (Å²) in [7, 11) is 0. The van der Waals surface area contributed by atoms with Gasteiger partial charge in [0, 0.05) is 18.7 Å². The minimum Gasteiger partial charge on any atom is -0.396 e. The summed E-state index contributed by atoms with van der Waals surface area (Å²) in [6, 6.07) is 11.4. The predicted molar refractivity (Wildman–Crippen MR) is 68.5 cm³/mol. The molecule has 2 atom stereocenters. The van der Waals surface area contributed by atoms with E-state index < -0.39 is 0 Å². The Kier molecular flexibility index (Phi) is 6.12. The second-order valence-electron chi connectivity index (χ2n) is 4.37. The molecule has 0 bridgehead atoms. The van der Waals surface area contributed by atoms with E-state index >= 15 is 0 Å². The third kappa shape index (κ3) is 4.77. The summed E-state index contributed by atoms with van der Waals surface area (Å²) in [5.74, 6) is 0. The summed E-state index contributed by atoms with van der Waals surface area (Å²) in [5, 5.41) is 12.4. The third-order valence-electron chi connectivity index (χ3n) is 2.90. The Balaban J connectivity index is 2.43. The van der Waals surface area contributed by atoms with Crippen molar-refractivity contribution >= 4 is 0 Å². The van der Waals surface area contributed by atoms with Crippen LogP contribution in [0.3, 0.4) is 0 Å². The van der Waals surface area contributed by atoms with Gasteiger partial charge in [0.2, 0.25) is 0 Å². The molecule has 0 saturated heterocycles. The molecule has 1 rings (SSSR count). The molecule has 0 amide bonds. The topological polar surface area (TPSA) is 32.3 Å². The normalized spacial score (nSPS) is 14.7. The van der Waals surface area contributed by atoms with Crippen molar-refractivity contribution in [3.63, 3.8) is 0 Å². The van der Waals surface area contributed by atoms with Gasteiger partial charge < -0.3 is 10.4 Å². The van der Waals surface area contributed by atoms with Crippen LogP contribution >= 0.6 is 0 Å². The zero-order chi connectivity index (χ0) is 11.8. The first kappa shape index (κ1) is 13.2. The standard InChI is InChI=1S/C14H23NO/c1-3-14(15-12(2)9-10-16)11-13-7-5-4-6-8-13/h4-8,12,14-16H,3,9-11H2,1-2H3. The fraction of sp³-hybridized carbons (Fsp3) is 0.571. The fourth-order valence-electron chi connectivity index (χ4n) is 1.90. The van der Waals surface area contributed by atoms with Crippen LogP contribution in [0.2, 0.25) is 0 Å². The van der Waals surface area contributed by atoms with E-state index in [0.717, 1.165) is 19.3 Å². The van der Waals surface area contributed by atoms with Gasteiger partial charge in [-0.25, -0.2) is 0 Å². The molecule has 16 heavy (non-hydrogen) atoms. The average Bonchev–Trinajstić information content (AvgIpc) is 2.30. The van der Waals surface area contributed by atoms with Crippen molar-refractivity contribution in [3.8, 4) is 0 Å². The van der Waals surface area contributed by atoms with E-state index in [4.69, 9.17) is 5.11 Å². The van der Waals surface area contributed by atoms with Gasteiger partial charge in [-0.2, -0.15) is 0 Å². The van der Waals surface area contributed by atoms with Crippen LogP contribution in [0.5, 0.6) is 0 Å². The van der Waals surface area contributed by atoms with Crippen LogP contribution in [0.4, 0.5) is 0 Å². The van der Waals surface area contributed by atoms with E-state index in [9.17, 15) is 0 Å². The summed E-state index contributed by atoms with van der Waals surface area (Å²) < 4.78 is 0. The maximum absolute atomic E-state index is 8.87. The number of rotatable bonds is 7. The van der Waals surface area contributed by atoms with Gasteiger partial charge in [0.05, 0.1) is 0 Å². The molecule has 0 heterocycles. The third-order valence-corrected chi connectivity index (χ3v) is 2.90. The average molecular weight is 221 g/mol. The summed E-state index contributed by atoms with van der Waals surface area (Å²) in [4.78, 5) is 0. The lowest BCUT2D eigenvalue weighted by Crippen LogP contribution is -2.38. The SMILES string of the molecule is CCC(Cc1ccccc1)NC(C)CCO. The first-order valence-corrected chi connectivity index (χ1v) is 6.17. The van der Waals surface area contributed by atoms with E-state index in [1.165, 1.54) is 5.56 Å². The lowest BCUT2D eigenvalue weighted by molar-refractivity contribution is 0.262. The molecule has 0 aliphatic heterocycles. The van der Waals surface area contributed by atoms with Crippen LogP contribution in [0.25, 0.3) is 0 Å². The van der Waals surface area contributed by atoms with Crippen LogP contribution in [0, 0.1) is 0 Å². The Bertz CT molecular complexity index is 273. The van der Waals surface area contributed by atoms with Crippen molar-refractivity contribution < 1.29 is 5.11 Å². The van der Waals surface area contributed by atoms with E-state index in [1.54, 1.807) is 0 Å². The molecular formula is C14H23NO. The lowest BCUT2D eigenvalue weighted by Gasteiger charge is -2.22. The van der Waals surface area contributed by atoms with Crippen LogP contribution in [0.15, 0.2) is 30.3 Å². The highest BCUT2D eigenvalue weighted by Gasteiger charge is 2.10. The van der Waals surface area contributed by atoms with Gasteiger partial charge in [0.1, 0.15) is 0 Å². The van der Waals surface area contributed by atoms with Crippen molar-refractivity contribution in [2.75, 3.05) is 6.61 Å². The van der Waals surface area contributed by atoms with Gasteiger partial charge in [-0.05, 0) is 31.7 Å². The quantitative estimate of drug-likeness (QED) is 0.741. The smallest absolute Gasteiger partial charge is 0.0445 e. The second-order valence-corrected chi connectivity index (χ2v) is 4.37. The van der Waals surface area contributed by atoms with Crippen molar-refractivity contribution in [2.45, 2.75) is 45.2 Å². The van der Waals surface area contributed by atoms with Gasteiger partial charge >= 0.3 is 0 Å². The summed E-state index contributed by atoms with van der Waals surface area (Å²) >= 11 is 0. The van der Waals surface area contributed by atoms with Gasteiger partial charge in [0.15, 0.2) is 0 Å². The maximum atomic E-state index is 8.87. The lowest BCUT2D eigenvalue weighted by atomic mass is 10.0. The van der Waals surface area contributed by atoms with Crippen molar-refractivity contribution in [1.29, 1.82) is 0 Å². The molecule has 2 heteroatoms. The number of hydrogen-bond acceptors (Lipinski definition) is 2. The van der Waals surface area contributed by atoms with Crippen LogP contribution < -0.4 is 5.32 Å². The minimum absolute atomic E-state index is 0.260. The highest BCUT2D eigenvalue weighted by Crippen LogP contribution is 2.07.